The summed E-state index contributed by atoms with van der Waals surface area (Å²) >= 11 is 3.46. The normalized spacial score (nSPS) is 19.4. The van der Waals surface area contributed by atoms with Crippen LogP contribution in [-0.2, 0) is 9.59 Å². The Hall–Kier alpha value is -1.36. The first-order valence-corrected chi connectivity index (χ1v) is 6.56. The topological polar surface area (TPSA) is 63.4 Å². The number of nitrogens with zero attached hydrogens (tertiary/aromatic N) is 1. The highest BCUT2D eigenvalue weighted by Crippen LogP contribution is 2.31. The van der Waals surface area contributed by atoms with Crippen molar-refractivity contribution in [2.75, 3.05) is 11.4 Å². The molecule has 1 heterocycles. The molecule has 0 bridgehead atoms. The van der Waals surface area contributed by atoms with Gasteiger partial charge in [-0.1, -0.05) is 15.9 Å². The summed E-state index contributed by atoms with van der Waals surface area (Å²) in [6.07, 6.45) is 0.212. The SMILES string of the molecule is Cc1cc(N2CC(C(N)=O)CC2=O)c(C)cc1Br. The van der Waals surface area contributed by atoms with E-state index in [0.717, 1.165) is 21.3 Å². The number of hydrogen-bond donors (Lipinski definition) is 1. The number of halogens is 1. The molecule has 1 aromatic carbocycles. The van der Waals surface area contributed by atoms with Gasteiger partial charge in [0.05, 0.1) is 5.92 Å². The van der Waals surface area contributed by atoms with Crippen LogP contribution in [0.1, 0.15) is 17.5 Å². The molecule has 0 aliphatic carbocycles. The summed E-state index contributed by atoms with van der Waals surface area (Å²) < 4.78 is 1.02. The van der Waals surface area contributed by atoms with Gasteiger partial charge < -0.3 is 10.6 Å². The van der Waals surface area contributed by atoms with Crippen molar-refractivity contribution in [3.63, 3.8) is 0 Å². The standard InChI is InChI=1S/C13H15BrN2O2/c1-7-4-11(8(2)3-10(7)14)16-6-9(13(15)18)5-12(16)17/h3-4,9H,5-6H2,1-2H3,(H2,15,18). The third-order valence-electron chi connectivity index (χ3n) is 3.30. The summed E-state index contributed by atoms with van der Waals surface area (Å²) in [4.78, 5) is 24.8. The largest absolute Gasteiger partial charge is 0.369 e. The number of carbonyl (C=O) groups is 2. The number of amides is 2. The molecule has 1 saturated heterocycles. The Kier molecular flexibility index (Phi) is 3.43. The van der Waals surface area contributed by atoms with Crippen LogP contribution in [0.5, 0.6) is 0 Å². The van der Waals surface area contributed by atoms with Crippen molar-refractivity contribution in [3.05, 3.63) is 27.7 Å². The molecule has 1 unspecified atom stereocenters. The van der Waals surface area contributed by atoms with Crippen molar-refractivity contribution in [2.24, 2.45) is 11.7 Å². The molecular formula is C13H15BrN2O2. The summed E-state index contributed by atoms with van der Waals surface area (Å²) in [5.41, 5.74) is 8.20. The van der Waals surface area contributed by atoms with Crippen molar-refractivity contribution in [3.8, 4) is 0 Å². The summed E-state index contributed by atoms with van der Waals surface area (Å²) in [7, 11) is 0. The summed E-state index contributed by atoms with van der Waals surface area (Å²) in [5.74, 6) is -0.818. The van der Waals surface area contributed by atoms with Gasteiger partial charge in [0.15, 0.2) is 0 Å². The van der Waals surface area contributed by atoms with Gasteiger partial charge in [0.2, 0.25) is 11.8 Å². The van der Waals surface area contributed by atoms with E-state index in [-0.39, 0.29) is 18.2 Å². The van der Waals surface area contributed by atoms with Crippen LogP contribution >= 0.6 is 15.9 Å². The van der Waals surface area contributed by atoms with Crippen LogP contribution in [0.25, 0.3) is 0 Å². The third-order valence-corrected chi connectivity index (χ3v) is 4.15. The van der Waals surface area contributed by atoms with E-state index >= 15 is 0 Å². The summed E-state index contributed by atoms with van der Waals surface area (Å²) in [5, 5.41) is 0. The number of rotatable bonds is 2. The number of nitrogens with two attached hydrogens (primary N) is 1. The van der Waals surface area contributed by atoms with Gasteiger partial charge in [-0.15, -0.1) is 0 Å². The second kappa shape index (κ2) is 4.72. The highest BCUT2D eigenvalue weighted by molar-refractivity contribution is 9.10. The highest BCUT2D eigenvalue weighted by atomic mass is 79.9. The molecular weight excluding hydrogens is 296 g/mol. The van der Waals surface area contributed by atoms with Crippen LogP contribution < -0.4 is 10.6 Å². The Balaban J connectivity index is 2.35. The van der Waals surface area contributed by atoms with Gasteiger partial charge >= 0.3 is 0 Å². The van der Waals surface area contributed by atoms with Crippen molar-refractivity contribution in [1.82, 2.24) is 0 Å². The quantitative estimate of drug-likeness (QED) is 0.907. The minimum atomic E-state index is -0.405. The molecule has 1 atom stereocenters. The minimum absolute atomic E-state index is 0.0383. The first-order chi connectivity index (χ1) is 8.40. The lowest BCUT2D eigenvalue weighted by molar-refractivity contribution is -0.123. The molecule has 2 amide bonds. The Bertz CT molecular complexity index is 528. The fourth-order valence-corrected chi connectivity index (χ4v) is 2.65. The van der Waals surface area contributed by atoms with Gasteiger partial charge in [0.1, 0.15) is 0 Å². The lowest BCUT2D eigenvalue weighted by Crippen LogP contribution is -2.28. The maximum Gasteiger partial charge on any atom is 0.227 e. The summed E-state index contributed by atoms with van der Waals surface area (Å²) in [6.45, 7) is 4.31. The Morgan fingerprint density at radius 3 is 2.61 bits per heavy atom. The fourth-order valence-electron chi connectivity index (χ4n) is 2.19. The van der Waals surface area contributed by atoms with E-state index in [1.807, 2.05) is 26.0 Å². The number of hydrogen-bond acceptors (Lipinski definition) is 2. The lowest BCUT2D eigenvalue weighted by Gasteiger charge is -2.20. The smallest absolute Gasteiger partial charge is 0.227 e. The molecule has 96 valence electrons. The molecule has 1 aliphatic rings. The molecule has 18 heavy (non-hydrogen) atoms. The fraction of sp³-hybridized carbons (Fsp3) is 0.385. The van der Waals surface area contributed by atoms with E-state index in [4.69, 9.17) is 5.73 Å². The maximum atomic E-state index is 11.9. The summed E-state index contributed by atoms with van der Waals surface area (Å²) in [6, 6.07) is 3.94. The van der Waals surface area contributed by atoms with Crippen LogP contribution in [0.15, 0.2) is 16.6 Å². The van der Waals surface area contributed by atoms with Crippen LogP contribution in [0.3, 0.4) is 0 Å². The molecule has 1 fully saturated rings. The molecule has 0 radical (unpaired) electrons. The first kappa shape index (κ1) is 13.1. The molecule has 5 heteroatoms. The zero-order valence-corrected chi connectivity index (χ0v) is 12.0. The Morgan fingerprint density at radius 2 is 2.06 bits per heavy atom. The van der Waals surface area contributed by atoms with Gasteiger partial charge in [0.25, 0.3) is 0 Å². The van der Waals surface area contributed by atoms with Gasteiger partial charge in [-0.3, -0.25) is 9.59 Å². The van der Waals surface area contributed by atoms with E-state index in [2.05, 4.69) is 15.9 Å². The zero-order chi connectivity index (χ0) is 13.4. The number of anilines is 1. The van der Waals surface area contributed by atoms with Crippen molar-refractivity contribution in [1.29, 1.82) is 0 Å². The Morgan fingerprint density at radius 1 is 1.39 bits per heavy atom. The van der Waals surface area contributed by atoms with Crippen molar-refractivity contribution < 1.29 is 9.59 Å². The molecule has 2 N–H and O–H groups in total. The van der Waals surface area contributed by atoms with Gasteiger partial charge in [-0.25, -0.2) is 0 Å². The van der Waals surface area contributed by atoms with E-state index in [9.17, 15) is 9.59 Å². The molecule has 4 nitrogen and oxygen atoms in total. The van der Waals surface area contributed by atoms with Crippen LogP contribution in [0, 0.1) is 19.8 Å². The second-order valence-corrected chi connectivity index (χ2v) is 5.55. The Labute approximate surface area is 114 Å². The van der Waals surface area contributed by atoms with Gasteiger partial charge in [-0.05, 0) is 37.1 Å². The average molecular weight is 311 g/mol. The van der Waals surface area contributed by atoms with Crippen molar-refractivity contribution in [2.45, 2.75) is 20.3 Å². The predicted octanol–water partition coefficient (Wildman–Crippen LogP) is 1.90. The van der Waals surface area contributed by atoms with Crippen LogP contribution in [-0.4, -0.2) is 18.4 Å². The number of primary amides is 1. The van der Waals surface area contributed by atoms with E-state index < -0.39 is 5.91 Å². The highest BCUT2D eigenvalue weighted by Gasteiger charge is 2.34. The van der Waals surface area contributed by atoms with Gasteiger partial charge in [-0.2, -0.15) is 0 Å². The molecule has 0 saturated carbocycles. The molecule has 1 aliphatic heterocycles. The number of benzene rings is 1. The number of carbonyl (C=O) groups excluding carboxylic acids is 2. The van der Waals surface area contributed by atoms with Crippen molar-refractivity contribution >= 4 is 33.4 Å². The van der Waals surface area contributed by atoms with E-state index in [1.165, 1.54) is 0 Å². The number of aryl methyl sites for hydroxylation is 2. The predicted molar refractivity (Wildman–Crippen MR) is 73.3 cm³/mol. The molecule has 0 spiro atoms. The molecule has 2 rings (SSSR count). The van der Waals surface area contributed by atoms with Gasteiger partial charge in [0, 0.05) is 23.1 Å². The average Bonchev–Trinajstić information content (AvgIpc) is 2.66. The second-order valence-electron chi connectivity index (χ2n) is 4.70. The molecule has 0 aromatic heterocycles. The zero-order valence-electron chi connectivity index (χ0n) is 10.4. The monoisotopic (exact) mass is 310 g/mol. The van der Waals surface area contributed by atoms with E-state index in [0.29, 0.717) is 6.54 Å². The molecule has 1 aromatic rings. The van der Waals surface area contributed by atoms with Crippen LogP contribution in [0.4, 0.5) is 5.69 Å². The maximum absolute atomic E-state index is 11.9. The van der Waals surface area contributed by atoms with Crippen LogP contribution in [0.2, 0.25) is 0 Å². The first-order valence-electron chi connectivity index (χ1n) is 5.76. The lowest BCUT2D eigenvalue weighted by atomic mass is 10.1. The third kappa shape index (κ3) is 2.27. The minimum Gasteiger partial charge on any atom is -0.369 e. The van der Waals surface area contributed by atoms with E-state index in [1.54, 1.807) is 4.90 Å².